The van der Waals surface area contributed by atoms with Gasteiger partial charge in [-0.3, -0.25) is 9.59 Å². The fourth-order valence-corrected chi connectivity index (χ4v) is 9.96. The molecule has 1 rings (SSSR count). The first-order valence-corrected chi connectivity index (χ1v) is 34.3. The van der Waals surface area contributed by atoms with E-state index in [4.69, 9.17) is 14.2 Å². The van der Waals surface area contributed by atoms with Crippen molar-refractivity contribution in [2.24, 2.45) is 0 Å². The van der Waals surface area contributed by atoms with E-state index in [9.17, 15) is 35.1 Å². The molecule has 11 nitrogen and oxygen atoms in total. The van der Waals surface area contributed by atoms with Crippen molar-refractivity contribution >= 4 is 11.9 Å². The smallest absolute Gasteiger partial charge is 0.306 e. The SMILES string of the molecule is CC/C=C\C/C=C\C/C=C\C/C=C\C/C=C\CCCCCCCCCCC(O)C(=O)NC(COC1OC(CO)C(O)C(O)C1OC(=O)CCCCC/C=C\C/C=C\C/C=C\C/C=C\CCCCC)C(O)/C=C/CCCCCCCCCCCCC. The summed E-state index contributed by atoms with van der Waals surface area (Å²) < 4.78 is 17.6. The van der Waals surface area contributed by atoms with E-state index in [1.54, 1.807) is 6.08 Å². The van der Waals surface area contributed by atoms with Crippen LogP contribution in [0.5, 0.6) is 0 Å². The number of hydrogen-bond acceptors (Lipinski definition) is 10. The van der Waals surface area contributed by atoms with E-state index in [-0.39, 0.29) is 19.4 Å². The van der Waals surface area contributed by atoms with Crippen LogP contribution in [0.2, 0.25) is 0 Å². The van der Waals surface area contributed by atoms with Gasteiger partial charge in [-0.2, -0.15) is 0 Å². The zero-order chi connectivity index (χ0) is 61.7. The molecule has 0 bridgehead atoms. The number of rotatable bonds is 57. The van der Waals surface area contributed by atoms with Crippen LogP contribution in [0.15, 0.2) is 122 Å². The van der Waals surface area contributed by atoms with Crippen molar-refractivity contribution in [2.45, 2.75) is 320 Å². The topological polar surface area (TPSA) is 175 Å². The second-order valence-corrected chi connectivity index (χ2v) is 23.2. The van der Waals surface area contributed by atoms with Crippen molar-refractivity contribution in [1.29, 1.82) is 0 Å². The lowest BCUT2D eigenvalue weighted by molar-refractivity contribution is -0.305. The third-order valence-electron chi connectivity index (χ3n) is 15.3. The first-order chi connectivity index (χ1) is 41.7. The van der Waals surface area contributed by atoms with Crippen molar-refractivity contribution in [3.8, 4) is 0 Å². The lowest BCUT2D eigenvalue weighted by Gasteiger charge is -2.41. The van der Waals surface area contributed by atoms with Gasteiger partial charge >= 0.3 is 5.97 Å². The molecule has 0 aromatic rings. The highest BCUT2D eigenvalue weighted by Gasteiger charge is 2.47. The molecule has 1 aliphatic heterocycles. The minimum Gasteiger partial charge on any atom is -0.454 e. The molecule has 11 heteroatoms. The number of esters is 1. The fourth-order valence-electron chi connectivity index (χ4n) is 9.96. The molecular formula is C74H125NO10. The van der Waals surface area contributed by atoms with Gasteiger partial charge in [0.2, 0.25) is 5.91 Å². The van der Waals surface area contributed by atoms with Crippen LogP contribution in [0.25, 0.3) is 0 Å². The minimum atomic E-state index is -1.64. The zero-order valence-corrected chi connectivity index (χ0v) is 53.9. The molecular weight excluding hydrogens is 1060 g/mol. The van der Waals surface area contributed by atoms with E-state index < -0.39 is 67.4 Å². The average molecular weight is 1190 g/mol. The van der Waals surface area contributed by atoms with Crippen molar-refractivity contribution in [1.82, 2.24) is 5.32 Å². The molecule has 85 heavy (non-hydrogen) atoms. The van der Waals surface area contributed by atoms with Crippen LogP contribution >= 0.6 is 0 Å². The lowest BCUT2D eigenvalue weighted by atomic mass is 9.99. The van der Waals surface area contributed by atoms with Gasteiger partial charge in [0.1, 0.15) is 24.4 Å². The van der Waals surface area contributed by atoms with E-state index in [1.807, 2.05) is 6.08 Å². The van der Waals surface area contributed by atoms with Crippen LogP contribution in [-0.2, 0) is 23.8 Å². The van der Waals surface area contributed by atoms with Crippen LogP contribution in [0.1, 0.15) is 271 Å². The Morgan fingerprint density at radius 3 is 1.29 bits per heavy atom. The lowest BCUT2D eigenvalue weighted by Crippen LogP contribution is -2.61. The van der Waals surface area contributed by atoms with E-state index in [0.717, 1.165) is 128 Å². The molecule has 0 aromatic carbocycles. The van der Waals surface area contributed by atoms with Crippen molar-refractivity contribution in [2.75, 3.05) is 13.2 Å². The highest BCUT2D eigenvalue weighted by molar-refractivity contribution is 5.80. The molecule has 486 valence electrons. The van der Waals surface area contributed by atoms with Crippen LogP contribution in [-0.4, -0.2) is 99.6 Å². The van der Waals surface area contributed by atoms with Crippen LogP contribution in [0.3, 0.4) is 0 Å². The second kappa shape index (κ2) is 60.3. The third-order valence-corrected chi connectivity index (χ3v) is 15.3. The summed E-state index contributed by atoms with van der Waals surface area (Å²) >= 11 is 0. The molecule has 8 unspecified atom stereocenters. The summed E-state index contributed by atoms with van der Waals surface area (Å²) in [5.74, 6) is -1.24. The molecule has 1 fully saturated rings. The molecule has 8 atom stereocenters. The highest BCUT2D eigenvalue weighted by atomic mass is 16.7. The molecule has 0 spiro atoms. The highest BCUT2D eigenvalue weighted by Crippen LogP contribution is 2.26. The van der Waals surface area contributed by atoms with Crippen molar-refractivity contribution in [3.05, 3.63) is 122 Å². The third kappa shape index (κ3) is 47.8. The number of allylic oxidation sites excluding steroid dienone is 19. The van der Waals surface area contributed by atoms with Gasteiger partial charge in [-0.15, -0.1) is 0 Å². The van der Waals surface area contributed by atoms with Gasteiger partial charge in [-0.05, 0) is 116 Å². The van der Waals surface area contributed by atoms with E-state index in [1.165, 1.54) is 96.3 Å². The maximum atomic E-state index is 13.5. The fraction of sp³-hybridized carbons (Fsp3) is 0.703. The van der Waals surface area contributed by atoms with Gasteiger partial charge in [-0.1, -0.05) is 271 Å². The second-order valence-electron chi connectivity index (χ2n) is 23.2. The summed E-state index contributed by atoms with van der Waals surface area (Å²) in [5.41, 5.74) is 0. The van der Waals surface area contributed by atoms with Gasteiger partial charge in [0, 0.05) is 6.42 Å². The molecule has 1 aliphatic rings. The van der Waals surface area contributed by atoms with E-state index in [2.05, 4.69) is 135 Å². The Balaban J connectivity index is 2.66. The number of aliphatic hydroxyl groups is 5. The minimum absolute atomic E-state index is 0.0796. The number of ether oxygens (including phenoxy) is 3. The monoisotopic (exact) mass is 1190 g/mol. The number of carbonyl (C=O) groups excluding carboxylic acids is 2. The zero-order valence-electron chi connectivity index (χ0n) is 53.9. The van der Waals surface area contributed by atoms with E-state index in [0.29, 0.717) is 12.8 Å². The summed E-state index contributed by atoms with van der Waals surface area (Å²) in [7, 11) is 0. The number of carbonyl (C=O) groups is 2. The number of nitrogens with one attached hydrogen (secondary N) is 1. The molecule has 1 saturated heterocycles. The molecule has 1 heterocycles. The number of unbranched alkanes of at least 4 members (excludes halogenated alkanes) is 25. The summed E-state index contributed by atoms with van der Waals surface area (Å²) in [6, 6.07) is -1.04. The first-order valence-electron chi connectivity index (χ1n) is 34.3. The number of aliphatic hydroxyl groups excluding tert-OH is 5. The largest absolute Gasteiger partial charge is 0.454 e. The standard InChI is InChI=1S/C74H125NO10/c1-4-7-10-13-16-19-22-25-27-29-31-32-33-34-35-37-38-40-43-46-49-52-55-58-61-67(78)73(82)75-65(66(77)60-57-54-51-48-45-42-24-21-18-15-12-9-6-3)64-83-74-72(71(81)70(80)68(63-76)84-74)85-69(79)62-59-56-53-50-47-44-41-39-36-30-28-26-23-20-17-14-11-8-5-2/h7,10,16-17,19-20,25-28,31-32,34-36,39,44,47,57,60,65-68,70-72,74,76-78,80-81H,4-6,8-9,11-15,18,21-24,29-30,33,37-38,40-43,45-46,48-56,58-59,61-64H2,1-3H3,(H,75,82)/b10-7-,19-16-,20-17-,27-25-,28-26-,32-31-,35-34-,39-36-,47-44-,60-57+. The van der Waals surface area contributed by atoms with E-state index >= 15 is 0 Å². The molecule has 0 aliphatic carbocycles. The maximum Gasteiger partial charge on any atom is 0.306 e. The summed E-state index contributed by atoms with van der Waals surface area (Å²) in [6.07, 6.45) is 73.7. The Morgan fingerprint density at radius 2 is 0.847 bits per heavy atom. The summed E-state index contributed by atoms with van der Waals surface area (Å²) in [4.78, 5) is 26.7. The van der Waals surface area contributed by atoms with Gasteiger partial charge in [-0.25, -0.2) is 0 Å². The van der Waals surface area contributed by atoms with Gasteiger partial charge in [0.15, 0.2) is 12.4 Å². The Kier molecular flexibility index (Phi) is 56.1. The van der Waals surface area contributed by atoms with Crippen molar-refractivity contribution < 1.29 is 49.3 Å². The molecule has 0 saturated carbocycles. The Labute approximate surface area is 519 Å². The number of amides is 1. The predicted molar refractivity (Wildman–Crippen MR) is 356 cm³/mol. The van der Waals surface area contributed by atoms with Gasteiger partial charge < -0.3 is 45.1 Å². The van der Waals surface area contributed by atoms with Gasteiger partial charge in [0.05, 0.1) is 25.4 Å². The normalized spacial score (nSPS) is 19.2. The first kappa shape index (κ1) is 79.1. The molecule has 0 radical (unpaired) electrons. The van der Waals surface area contributed by atoms with Crippen LogP contribution in [0, 0.1) is 0 Å². The molecule has 6 N–H and O–H groups in total. The number of hydrogen-bond donors (Lipinski definition) is 6. The van der Waals surface area contributed by atoms with Crippen molar-refractivity contribution in [3.63, 3.8) is 0 Å². The molecule has 0 aromatic heterocycles. The Bertz CT molecular complexity index is 1850. The van der Waals surface area contributed by atoms with Crippen LogP contribution in [0.4, 0.5) is 0 Å². The Morgan fingerprint density at radius 1 is 0.471 bits per heavy atom. The van der Waals surface area contributed by atoms with Crippen LogP contribution < -0.4 is 5.32 Å². The van der Waals surface area contributed by atoms with Gasteiger partial charge in [0.25, 0.3) is 0 Å². The predicted octanol–water partition coefficient (Wildman–Crippen LogP) is 17.4. The molecule has 1 amide bonds. The summed E-state index contributed by atoms with van der Waals surface area (Å²) in [6.45, 7) is 5.64. The summed E-state index contributed by atoms with van der Waals surface area (Å²) in [5, 5.41) is 57.2. The Hall–Kier alpha value is -3.94. The quantitative estimate of drug-likeness (QED) is 0.0195. The maximum absolute atomic E-state index is 13.5. The average Bonchev–Trinajstić information content (AvgIpc) is 3.17.